The molecule has 3 amide bonds. The van der Waals surface area contributed by atoms with Crippen LogP contribution in [0.2, 0.25) is 0 Å². The second-order valence-corrected chi connectivity index (χ2v) is 10.3. The summed E-state index contributed by atoms with van der Waals surface area (Å²) in [4.78, 5) is 41.8. The molecule has 0 unspecified atom stereocenters. The molecule has 9 heteroatoms. The van der Waals surface area contributed by atoms with Gasteiger partial charge in [0.2, 0.25) is 5.91 Å². The molecular weight excluding hydrogens is 482 g/mol. The molecule has 0 radical (unpaired) electrons. The van der Waals surface area contributed by atoms with Crippen molar-refractivity contribution in [3.63, 3.8) is 0 Å². The minimum atomic E-state index is -1.00. The Bertz CT molecular complexity index is 1120. The maximum atomic E-state index is 13.8. The first-order valence-corrected chi connectivity index (χ1v) is 13.1. The number of hydrogen-bond acceptors (Lipinski definition) is 6. The third kappa shape index (κ3) is 6.39. The lowest BCUT2D eigenvalue weighted by Gasteiger charge is -2.30. The maximum Gasteiger partial charge on any atom is 0.416 e. The Balaban J connectivity index is 1.68. The highest BCUT2D eigenvalue weighted by Crippen LogP contribution is 2.36. The van der Waals surface area contributed by atoms with Crippen molar-refractivity contribution in [1.29, 1.82) is 5.41 Å². The average molecular weight is 522 g/mol. The smallest absolute Gasteiger partial charge is 0.416 e. The fourth-order valence-electron chi connectivity index (χ4n) is 5.06. The van der Waals surface area contributed by atoms with Gasteiger partial charge in [-0.2, -0.15) is 0 Å². The number of carbonyl (C=O) groups is 3. The van der Waals surface area contributed by atoms with Gasteiger partial charge in [0.05, 0.1) is 13.2 Å². The van der Waals surface area contributed by atoms with Crippen molar-refractivity contribution in [2.24, 2.45) is 11.7 Å². The lowest BCUT2D eigenvalue weighted by Crippen LogP contribution is -2.48. The van der Waals surface area contributed by atoms with Gasteiger partial charge in [-0.1, -0.05) is 74.5 Å². The Morgan fingerprint density at radius 1 is 1.08 bits per heavy atom. The lowest BCUT2D eigenvalue weighted by atomic mass is 9.82. The Labute approximate surface area is 224 Å². The molecule has 3 rings (SSSR count). The monoisotopic (exact) mass is 521 g/mol. The van der Waals surface area contributed by atoms with E-state index < -0.39 is 23.6 Å². The molecule has 0 aromatic heterocycles. The number of nitrogens with zero attached hydrogens (tertiary/aromatic N) is 2. The van der Waals surface area contributed by atoms with Crippen LogP contribution in [-0.4, -0.2) is 59.4 Å². The van der Waals surface area contributed by atoms with E-state index in [1.54, 1.807) is 0 Å². The Morgan fingerprint density at radius 2 is 1.68 bits per heavy atom. The Kier molecular flexibility index (Phi) is 9.63. The third-order valence-electron chi connectivity index (χ3n) is 6.86. The van der Waals surface area contributed by atoms with E-state index in [0.717, 1.165) is 16.0 Å². The predicted octanol–water partition coefficient (Wildman–Crippen LogP) is 3.63. The van der Waals surface area contributed by atoms with Crippen LogP contribution in [0.3, 0.4) is 0 Å². The molecule has 9 nitrogen and oxygen atoms in total. The van der Waals surface area contributed by atoms with E-state index in [4.69, 9.17) is 15.9 Å². The van der Waals surface area contributed by atoms with Gasteiger partial charge in [-0.25, -0.2) is 9.69 Å². The van der Waals surface area contributed by atoms with E-state index in [1.807, 2.05) is 67.6 Å². The van der Waals surface area contributed by atoms with Crippen LogP contribution >= 0.6 is 0 Å². The number of hydrogen-bond donors (Lipinski definition) is 3. The number of rotatable bonds is 11. The fourth-order valence-corrected chi connectivity index (χ4v) is 5.06. The summed E-state index contributed by atoms with van der Waals surface area (Å²) < 4.78 is 4.84. The SMILES string of the molecule is COC(=O)N(CCC[C@@H](C)N1C(=N)N[C@](CC(C)C)(c2ccccc2)C1=O)C(=O)[C@@H](N)Cc1ccccc1. The van der Waals surface area contributed by atoms with Crippen molar-refractivity contribution < 1.29 is 19.1 Å². The molecule has 1 heterocycles. The molecule has 204 valence electrons. The van der Waals surface area contributed by atoms with E-state index in [2.05, 4.69) is 19.2 Å². The van der Waals surface area contributed by atoms with E-state index >= 15 is 0 Å². The second-order valence-electron chi connectivity index (χ2n) is 10.3. The van der Waals surface area contributed by atoms with Crippen LogP contribution in [0.5, 0.6) is 0 Å². The van der Waals surface area contributed by atoms with Gasteiger partial charge in [-0.05, 0) is 49.7 Å². The fraction of sp³-hybridized carbons (Fsp3) is 0.448. The van der Waals surface area contributed by atoms with Crippen LogP contribution in [0.4, 0.5) is 4.79 Å². The zero-order valence-corrected chi connectivity index (χ0v) is 22.6. The van der Waals surface area contributed by atoms with Crippen molar-refractivity contribution in [3.05, 3.63) is 71.8 Å². The van der Waals surface area contributed by atoms with Gasteiger partial charge < -0.3 is 15.8 Å². The summed E-state index contributed by atoms with van der Waals surface area (Å²) in [7, 11) is 1.22. The zero-order valence-electron chi connectivity index (χ0n) is 22.6. The largest absolute Gasteiger partial charge is 0.452 e. The van der Waals surface area contributed by atoms with Crippen LogP contribution in [-0.2, 0) is 26.3 Å². The summed E-state index contributed by atoms with van der Waals surface area (Å²) in [5.74, 6) is -0.409. The predicted molar refractivity (Wildman–Crippen MR) is 146 cm³/mol. The van der Waals surface area contributed by atoms with Crippen molar-refractivity contribution in [3.8, 4) is 0 Å². The molecule has 4 N–H and O–H groups in total. The highest BCUT2D eigenvalue weighted by molar-refractivity contribution is 6.08. The summed E-state index contributed by atoms with van der Waals surface area (Å²) in [5.41, 5.74) is 6.87. The molecule has 1 aliphatic rings. The topological polar surface area (TPSA) is 129 Å². The normalized spacial score (nSPS) is 18.7. The van der Waals surface area contributed by atoms with Gasteiger partial charge in [0, 0.05) is 12.6 Å². The number of benzene rings is 2. The third-order valence-corrected chi connectivity index (χ3v) is 6.86. The number of nitrogens with one attached hydrogen (secondary N) is 2. The minimum Gasteiger partial charge on any atom is -0.452 e. The molecule has 1 aliphatic heterocycles. The Morgan fingerprint density at radius 3 is 2.26 bits per heavy atom. The Hall–Kier alpha value is -3.72. The molecule has 1 saturated heterocycles. The maximum absolute atomic E-state index is 13.8. The van der Waals surface area contributed by atoms with Gasteiger partial charge in [0.15, 0.2) is 5.96 Å². The number of methoxy groups -OCH3 is 1. The van der Waals surface area contributed by atoms with Crippen LogP contribution in [0, 0.1) is 11.3 Å². The number of amides is 3. The number of ether oxygens (including phenoxy) is 1. The quantitative estimate of drug-likeness (QED) is 0.414. The second kappa shape index (κ2) is 12.7. The van der Waals surface area contributed by atoms with Crippen molar-refractivity contribution in [2.45, 2.75) is 64.1 Å². The standard InChI is InChI=1S/C29H39N5O4/c1-20(2)19-29(23-15-9-6-10-16-23)26(36)34(27(31)32-29)21(3)12-11-17-33(28(37)38-4)25(35)24(30)18-22-13-7-5-8-14-22/h5-10,13-16,20-21,24H,11-12,17-19,30H2,1-4H3,(H2,31,32)/t21-,24+,29-/m1/s1. The number of carbonyl (C=O) groups excluding carboxylic acids is 3. The summed E-state index contributed by atoms with van der Waals surface area (Å²) in [5, 5.41) is 11.8. The zero-order chi connectivity index (χ0) is 27.9. The van der Waals surface area contributed by atoms with Crippen LogP contribution < -0.4 is 11.1 Å². The highest BCUT2D eigenvalue weighted by Gasteiger charge is 2.52. The first kappa shape index (κ1) is 28.8. The van der Waals surface area contributed by atoms with E-state index in [1.165, 1.54) is 12.0 Å². The first-order valence-electron chi connectivity index (χ1n) is 13.1. The molecule has 0 bridgehead atoms. The molecule has 2 aromatic rings. The summed E-state index contributed by atoms with van der Waals surface area (Å²) in [6, 6.07) is 17.7. The molecule has 38 heavy (non-hydrogen) atoms. The van der Waals surface area contributed by atoms with E-state index in [9.17, 15) is 14.4 Å². The molecule has 2 aromatic carbocycles. The lowest BCUT2D eigenvalue weighted by molar-refractivity contribution is -0.134. The van der Waals surface area contributed by atoms with Crippen LogP contribution in [0.15, 0.2) is 60.7 Å². The molecule has 0 aliphatic carbocycles. The van der Waals surface area contributed by atoms with Gasteiger partial charge in [0.25, 0.3) is 5.91 Å². The molecule has 0 spiro atoms. The number of guanidine groups is 1. The molecule has 1 fully saturated rings. The van der Waals surface area contributed by atoms with Crippen molar-refractivity contribution in [1.82, 2.24) is 15.1 Å². The van der Waals surface area contributed by atoms with Gasteiger partial charge in [-0.15, -0.1) is 0 Å². The van der Waals surface area contributed by atoms with Crippen molar-refractivity contribution >= 4 is 23.9 Å². The van der Waals surface area contributed by atoms with Crippen LogP contribution in [0.25, 0.3) is 0 Å². The molecular formula is C29H39N5O4. The molecule has 3 atom stereocenters. The minimum absolute atomic E-state index is 0.0535. The highest BCUT2D eigenvalue weighted by atomic mass is 16.5. The summed E-state index contributed by atoms with van der Waals surface area (Å²) in [6.45, 7) is 6.07. The van der Waals surface area contributed by atoms with E-state index in [-0.39, 0.29) is 30.4 Å². The summed E-state index contributed by atoms with van der Waals surface area (Å²) >= 11 is 0. The van der Waals surface area contributed by atoms with Gasteiger partial charge >= 0.3 is 6.09 Å². The van der Waals surface area contributed by atoms with E-state index in [0.29, 0.717) is 25.7 Å². The average Bonchev–Trinajstić information content (AvgIpc) is 3.15. The van der Waals surface area contributed by atoms with Gasteiger partial charge in [-0.3, -0.25) is 19.9 Å². The van der Waals surface area contributed by atoms with Crippen LogP contribution in [0.1, 0.15) is 51.2 Å². The van der Waals surface area contributed by atoms with Crippen molar-refractivity contribution in [2.75, 3.05) is 13.7 Å². The number of nitrogens with two attached hydrogens (primary N) is 1. The number of imide groups is 1. The molecule has 0 saturated carbocycles. The van der Waals surface area contributed by atoms with Gasteiger partial charge in [0.1, 0.15) is 5.54 Å². The summed E-state index contributed by atoms with van der Waals surface area (Å²) in [6.07, 6.45) is 0.964. The first-order chi connectivity index (χ1) is 18.1.